The summed E-state index contributed by atoms with van der Waals surface area (Å²) in [6, 6.07) is -1.32. The van der Waals surface area contributed by atoms with Gasteiger partial charge in [0, 0.05) is 12.1 Å². The van der Waals surface area contributed by atoms with Crippen molar-refractivity contribution in [2.24, 2.45) is 0 Å². The van der Waals surface area contributed by atoms with Gasteiger partial charge in [0.1, 0.15) is 6.73 Å². The van der Waals surface area contributed by atoms with Crippen LogP contribution in [-0.4, -0.2) is 47.3 Å². The van der Waals surface area contributed by atoms with Crippen LogP contribution >= 0.6 is 11.8 Å². The Labute approximate surface area is 117 Å². The SMILES string of the molecule is CCOCNC(=O)N(C(=N)SC)C(=O)NC(C)(C)C. The number of urea groups is 2. The number of carbonyl (C=O) groups is 2. The van der Waals surface area contributed by atoms with Gasteiger partial charge in [-0.15, -0.1) is 0 Å². The summed E-state index contributed by atoms with van der Waals surface area (Å²) in [5.74, 6) is 0. The van der Waals surface area contributed by atoms with Crippen LogP contribution in [0.1, 0.15) is 27.7 Å². The number of hydrogen-bond acceptors (Lipinski definition) is 5. The third-order valence-electron chi connectivity index (χ3n) is 1.81. The Kier molecular flexibility index (Phi) is 7.47. The van der Waals surface area contributed by atoms with Crippen molar-refractivity contribution in [3.63, 3.8) is 0 Å². The first-order chi connectivity index (χ1) is 8.72. The Balaban J connectivity index is 4.76. The fourth-order valence-corrected chi connectivity index (χ4v) is 1.39. The lowest BCUT2D eigenvalue weighted by atomic mass is 10.1. The molecule has 7 nitrogen and oxygen atoms in total. The van der Waals surface area contributed by atoms with Gasteiger partial charge in [0.2, 0.25) is 0 Å². The highest BCUT2D eigenvalue weighted by Crippen LogP contribution is 2.07. The number of nitrogens with zero attached hydrogens (tertiary/aromatic N) is 1. The molecule has 0 radical (unpaired) electrons. The molecule has 3 N–H and O–H groups in total. The third kappa shape index (κ3) is 7.02. The Morgan fingerprint density at radius 1 is 1.32 bits per heavy atom. The van der Waals surface area contributed by atoms with E-state index in [0.717, 1.165) is 16.7 Å². The van der Waals surface area contributed by atoms with Crippen LogP contribution in [0.25, 0.3) is 0 Å². The number of imide groups is 1. The van der Waals surface area contributed by atoms with Crippen molar-refractivity contribution in [3.05, 3.63) is 0 Å². The minimum atomic E-state index is -0.686. The molecule has 0 fully saturated rings. The molecule has 0 unspecified atom stereocenters. The van der Waals surface area contributed by atoms with Gasteiger partial charge in [-0.1, -0.05) is 11.8 Å². The highest BCUT2D eigenvalue weighted by atomic mass is 32.2. The van der Waals surface area contributed by atoms with Gasteiger partial charge in [-0.05, 0) is 34.0 Å². The standard InChI is InChI=1S/C11H22N4O3S/c1-6-18-7-13-9(16)15(8(12)19-5)10(17)14-11(2,3)4/h12H,6-7H2,1-5H3,(H,13,16)(H,14,17). The van der Waals surface area contributed by atoms with Gasteiger partial charge < -0.3 is 15.4 Å². The number of amides is 4. The number of hydrogen-bond donors (Lipinski definition) is 3. The number of thioether (sulfide) groups is 1. The van der Waals surface area contributed by atoms with Gasteiger partial charge in [0.05, 0.1) is 0 Å². The minimum Gasteiger partial charge on any atom is -0.361 e. The van der Waals surface area contributed by atoms with Crippen LogP contribution in [0.4, 0.5) is 9.59 Å². The average molecular weight is 290 g/mol. The maximum Gasteiger partial charge on any atom is 0.333 e. The van der Waals surface area contributed by atoms with Crippen LogP contribution in [0.2, 0.25) is 0 Å². The van der Waals surface area contributed by atoms with Crippen LogP contribution in [0.5, 0.6) is 0 Å². The van der Waals surface area contributed by atoms with E-state index in [9.17, 15) is 9.59 Å². The summed E-state index contributed by atoms with van der Waals surface area (Å²) in [6.45, 7) is 7.63. The predicted molar refractivity (Wildman–Crippen MR) is 76.4 cm³/mol. The van der Waals surface area contributed by atoms with Gasteiger partial charge in [-0.2, -0.15) is 4.90 Å². The summed E-state index contributed by atoms with van der Waals surface area (Å²) < 4.78 is 4.98. The summed E-state index contributed by atoms with van der Waals surface area (Å²) >= 11 is 1.00. The monoisotopic (exact) mass is 290 g/mol. The summed E-state index contributed by atoms with van der Waals surface area (Å²) in [4.78, 5) is 24.6. The molecular weight excluding hydrogens is 268 g/mol. The van der Waals surface area contributed by atoms with E-state index in [1.807, 2.05) is 0 Å². The molecule has 0 saturated carbocycles. The average Bonchev–Trinajstić information content (AvgIpc) is 2.26. The zero-order chi connectivity index (χ0) is 15.1. The zero-order valence-corrected chi connectivity index (χ0v) is 12.8. The number of amidine groups is 1. The molecule has 0 aromatic heterocycles. The second-order valence-electron chi connectivity index (χ2n) is 4.64. The number of rotatable bonds is 3. The highest BCUT2D eigenvalue weighted by Gasteiger charge is 2.28. The van der Waals surface area contributed by atoms with E-state index in [4.69, 9.17) is 10.1 Å². The Morgan fingerprint density at radius 2 is 1.89 bits per heavy atom. The first-order valence-corrected chi connectivity index (χ1v) is 7.05. The maximum atomic E-state index is 12.0. The summed E-state index contributed by atoms with van der Waals surface area (Å²) in [7, 11) is 0. The quantitative estimate of drug-likeness (QED) is 0.320. The molecule has 0 saturated heterocycles. The van der Waals surface area contributed by atoms with E-state index in [1.165, 1.54) is 0 Å². The molecule has 0 rings (SSSR count). The topological polar surface area (TPSA) is 94.5 Å². The molecule has 8 heteroatoms. The molecule has 19 heavy (non-hydrogen) atoms. The largest absolute Gasteiger partial charge is 0.361 e. The molecule has 0 aliphatic rings. The van der Waals surface area contributed by atoms with Crippen LogP contribution < -0.4 is 10.6 Å². The van der Waals surface area contributed by atoms with Crippen molar-refractivity contribution in [2.45, 2.75) is 33.2 Å². The molecule has 0 aliphatic carbocycles. The summed E-state index contributed by atoms with van der Waals surface area (Å²) in [5, 5.41) is 12.6. The van der Waals surface area contributed by atoms with Gasteiger partial charge in [0.25, 0.3) is 0 Å². The van der Waals surface area contributed by atoms with E-state index in [2.05, 4.69) is 10.6 Å². The van der Waals surface area contributed by atoms with Crippen LogP contribution in [-0.2, 0) is 4.74 Å². The molecular formula is C11H22N4O3S. The first-order valence-electron chi connectivity index (χ1n) is 5.83. The lowest BCUT2D eigenvalue weighted by Gasteiger charge is -2.26. The predicted octanol–water partition coefficient (Wildman–Crippen LogP) is 1.80. The van der Waals surface area contributed by atoms with E-state index in [-0.39, 0.29) is 11.9 Å². The van der Waals surface area contributed by atoms with E-state index < -0.39 is 17.6 Å². The Bertz CT molecular complexity index is 341. The molecule has 4 amide bonds. The first kappa shape index (κ1) is 17.7. The van der Waals surface area contributed by atoms with Crippen molar-refractivity contribution in [3.8, 4) is 0 Å². The fourth-order valence-electron chi connectivity index (χ4n) is 1.04. The molecule has 0 aromatic rings. The van der Waals surface area contributed by atoms with Gasteiger partial charge in [0.15, 0.2) is 5.17 Å². The van der Waals surface area contributed by atoms with Crippen LogP contribution in [0.15, 0.2) is 0 Å². The second kappa shape index (κ2) is 8.00. The molecule has 110 valence electrons. The van der Waals surface area contributed by atoms with Crippen molar-refractivity contribution >= 4 is 29.0 Å². The smallest absolute Gasteiger partial charge is 0.333 e. The number of carbonyl (C=O) groups excluding carboxylic acids is 2. The highest BCUT2D eigenvalue weighted by molar-refractivity contribution is 8.13. The number of ether oxygens (including phenoxy) is 1. The van der Waals surface area contributed by atoms with E-state index >= 15 is 0 Å². The number of nitrogens with one attached hydrogen (secondary N) is 3. The van der Waals surface area contributed by atoms with Gasteiger partial charge in [-0.3, -0.25) is 5.41 Å². The Morgan fingerprint density at radius 3 is 2.32 bits per heavy atom. The minimum absolute atomic E-state index is 0.00368. The normalized spacial score (nSPS) is 10.8. The summed E-state index contributed by atoms with van der Waals surface area (Å²) in [5.41, 5.74) is -0.492. The van der Waals surface area contributed by atoms with E-state index in [1.54, 1.807) is 34.0 Å². The third-order valence-corrected chi connectivity index (χ3v) is 2.38. The van der Waals surface area contributed by atoms with Crippen molar-refractivity contribution in [1.29, 1.82) is 5.41 Å². The molecule has 0 spiro atoms. The molecule has 0 heterocycles. The van der Waals surface area contributed by atoms with Crippen LogP contribution in [0, 0.1) is 5.41 Å². The lowest BCUT2D eigenvalue weighted by Crippen LogP contribution is -2.54. The van der Waals surface area contributed by atoms with Crippen molar-refractivity contribution in [1.82, 2.24) is 15.5 Å². The van der Waals surface area contributed by atoms with E-state index in [0.29, 0.717) is 6.61 Å². The van der Waals surface area contributed by atoms with Crippen molar-refractivity contribution < 1.29 is 14.3 Å². The summed E-state index contributed by atoms with van der Waals surface area (Å²) in [6.07, 6.45) is 1.62. The van der Waals surface area contributed by atoms with Crippen molar-refractivity contribution in [2.75, 3.05) is 19.6 Å². The van der Waals surface area contributed by atoms with Crippen LogP contribution in [0.3, 0.4) is 0 Å². The molecule has 0 bridgehead atoms. The fraction of sp³-hybridized carbons (Fsp3) is 0.727. The second-order valence-corrected chi connectivity index (χ2v) is 5.44. The molecule has 0 aliphatic heterocycles. The van der Waals surface area contributed by atoms with Gasteiger partial charge >= 0.3 is 12.1 Å². The molecule has 0 aromatic carbocycles. The lowest BCUT2D eigenvalue weighted by molar-refractivity contribution is 0.128. The Hall–Kier alpha value is -1.28. The zero-order valence-electron chi connectivity index (χ0n) is 12.0. The molecule has 0 atom stereocenters. The maximum absolute atomic E-state index is 12.0. The van der Waals surface area contributed by atoms with Gasteiger partial charge in [-0.25, -0.2) is 9.59 Å².